The molecule has 9 heteroatoms. The van der Waals surface area contributed by atoms with Crippen molar-refractivity contribution in [3.8, 4) is 0 Å². The molecule has 0 N–H and O–H groups in total. The highest BCUT2D eigenvalue weighted by molar-refractivity contribution is 7.92. The van der Waals surface area contributed by atoms with Crippen molar-refractivity contribution < 1.29 is 13.4 Å². The van der Waals surface area contributed by atoms with Crippen LogP contribution in [-0.2, 0) is 11.3 Å². The zero-order chi connectivity index (χ0) is 11.4. The van der Waals surface area contributed by atoms with Crippen LogP contribution in [-0.4, -0.2) is 29.8 Å². The maximum Gasteiger partial charge on any atom is 0.419 e. The monoisotopic (exact) mass is 243 g/mol. The molecular formula is C7H6FN5O2S. The lowest BCUT2D eigenvalue weighted by atomic mass is 10.7. The van der Waals surface area contributed by atoms with Crippen molar-refractivity contribution in [3.05, 3.63) is 30.9 Å². The summed E-state index contributed by atoms with van der Waals surface area (Å²) in [7, 11) is 0. The lowest BCUT2D eigenvalue weighted by Gasteiger charge is -2.00. The predicted octanol–water partition coefficient (Wildman–Crippen LogP) is 1.04. The van der Waals surface area contributed by atoms with E-state index in [2.05, 4.69) is 15.1 Å². The predicted molar refractivity (Wildman–Crippen MR) is 51.9 cm³/mol. The van der Waals surface area contributed by atoms with E-state index < -0.39 is 6.09 Å². The average molecular weight is 243 g/mol. The number of hydrogen-bond donors (Lipinski definition) is 0. The minimum atomic E-state index is -0.596. The fourth-order valence-electron chi connectivity index (χ4n) is 0.949. The van der Waals surface area contributed by atoms with Crippen molar-refractivity contribution in [1.82, 2.24) is 23.7 Å². The summed E-state index contributed by atoms with van der Waals surface area (Å²) in [4.78, 5) is 18.7. The number of nitrogens with zero attached hydrogens (tertiary/aromatic N) is 5. The van der Waals surface area contributed by atoms with Gasteiger partial charge in [0.25, 0.3) is 0 Å². The smallest absolute Gasteiger partial charge is 0.419 e. The van der Waals surface area contributed by atoms with Crippen LogP contribution in [0.5, 0.6) is 0 Å². The molecule has 16 heavy (non-hydrogen) atoms. The third-order valence-electron chi connectivity index (χ3n) is 1.63. The SMILES string of the molecule is O=C(OCc1ncn(SF)n1)n1ccnc1. The summed E-state index contributed by atoms with van der Waals surface area (Å²) in [6.45, 7) is -0.120. The lowest BCUT2D eigenvalue weighted by Crippen LogP contribution is -2.12. The van der Waals surface area contributed by atoms with Crippen molar-refractivity contribution in [3.63, 3.8) is 0 Å². The van der Waals surface area contributed by atoms with Gasteiger partial charge in [0, 0.05) is 12.4 Å². The standard InChI is InChI=1S/C7H6FN5O2S/c8-16-13-5-10-6(11-13)3-15-7(14)12-2-1-9-4-12/h1-2,4-5H,3H2. The fraction of sp³-hybridized carbons (Fsp3) is 0.143. The molecule has 7 nitrogen and oxygen atoms in total. The van der Waals surface area contributed by atoms with Gasteiger partial charge in [0.2, 0.25) is 0 Å². The van der Waals surface area contributed by atoms with Gasteiger partial charge in [0.1, 0.15) is 12.7 Å². The van der Waals surface area contributed by atoms with Gasteiger partial charge < -0.3 is 4.74 Å². The Morgan fingerprint density at radius 1 is 1.56 bits per heavy atom. The Hall–Kier alpha value is -1.90. The van der Waals surface area contributed by atoms with Crippen molar-refractivity contribution in [1.29, 1.82) is 0 Å². The number of carbonyl (C=O) groups excluding carboxylic acids is 1. The molecule has 0 bridgehead atoms. The summed E-state index contributed by atoms with van der Waals surface area (Å²) < 4.78 is 18.9. The van der Waals surface area contributed by atoms with E-state index in [9.17, 15) is 8.68 Å². The topological polar surface area (TPSA) is 74.8 Å². The second-order valence-corrected chi connectivity index (χ2v) is 3.17. The van der Waals surface area contributed by atoms with Crippen LogP contribution in [0.3, 0.4) is 0 Å². The molecule has 0 atom stereocenters. The summed E-state index contributed by atoms with van der Waals surface area (Å²) in [6, 6.07) is 0. The van der Waals surface area contributed by atoms with Crippen LogP contribution in [0.15, 0.2) is 25.0 Å². The van der Waals surface area contributed by atoms with E-state index in [1.165, 1.54) is 29.6 Å². The fourth-order valence-corrected chi connectivity index (χ4v) is 1.16. The van der Waals surface area contributed by atoms with Crippen LogP contribution in [0.2, 0.25) is 0 Å². The van der Waals surface area contributed by atoms with E-state index in [0.717, 1.165) is 4.09 Å². The first-order chi connectivity index (χ1) is 7.79. The summed E-state index contributed by atoms with van der Waals surface area (Å²) in [6.07, 6.45) is 4.80. The van der Waals surface area contributed by atoms with Gasteiger partial charge in [0.15, 0.2) is 24.8 Å². The quantitative estimate of drug-likeness (QED) is 0.801. The third-order valence-corrected chi connectivity index (χ3v) is 1.95. The molecule has 0 aliphatic carbocycles. The maximum absolute atomic E-state index is 12.0. The maximum atomic E-state index is 12.0. The summed E-state index contributed by atoms with van der Waals surface area (Å²) in [5, 5.41) is 3.67. The number of halogens is 1. The molecule has 0 fully saturated rings. The van der Waals surface area contributed by atoms with Crippen LogP contribution in [0.1, 0.15) is 5.82 Å². The first-order valence-corrected chi connectivity index (χ1v) is 4.81. The first-order valence-electron chi connectivity index (χ1n) is 4.14. The largest absolute Gasteiger partial charge is 0.441 e. The molecule has 2 rings (SSSR count). The van der Waals surface area contributed by atoms with Gasteiger partial charge in [-0.2, -0.15) is 4.09 Å². The van der Waals surface area contributed by atoms with Gasteiger partial charge in [-0.15, -0.1) is 8.98 Å². The molecule has 0 aromatic carbocycles. The van der Waals surface area contributed by atoms with Crippen LogP contribution in [0.25, 0.3) is 0 Å². The second kappa shape index (κ2) is 4.75. The first kappa shape index (κ1) is 10.6. The number of rotatable bonds is 3. The number of aromatic nitrogens is 5. The Bertz CT molecular complexity index is 471. The van der Waals surface area contributed by atoms with Gasteiger partial charge in [-0.1, -0.05) is 0 Å². The number of carbonyl (C=O) groups is 1. The molecule has 0 radical (unpaired) electrons. The van der Waals surface area contributed by atoms with E-state index >= 15 is 0 Å². The molecule has 2 aromatic rings. The molecular weight excluding hydrogens is 237 g/mol. The van der Waals surface area contributed by atoms with E-state index in [0.29, 0.717) is 0 Å². The van der Waals surface area contributed by atoms with Crippen LogP contribution < -0.4 is 0 Å². The van der Waals surface area contributed by atoms with E-state index in [4.69, 9.17) is 4.74 Å². The lowest BCUT2D eigenvalue weighted by molar-refractivity contribution is 0.138. The molecule has 0 saturated heterocycles. The Labute approximate surface area is 93.7 Å². The second-order valence-electron chi connectivity index (χ2n) is 2.66. The van der Waals surface area contributed by atoms with E-state index in [1.807, 2.05) is 0 Å². The number of hydrogen-bond acceptors (Lipinski definition) is 6. The van der Waals surface area contributed by atoms with E-state index in [1.54, 1.807) is 0 Å². The normalized spacial score (nSPS) is 10.3. The highest BCUT2D eigenvalue weighted by Gasteiger charge is 2.07. The van der Waals surface area contributed by atoms with Crippen molar-refractivity contribution in [2.24, 2.45) is 0 Å². The molecule has 0 aliphatic rings. The minimum absolute atomic E-state index is 0.0910. The molecule has 0 spiro atoms. The number of imidazole rings is 1. The highest BCUT2D eigenvalue weighted by atomic mass is 32.2. The molecule has 2 aromatic heterocycles. The molecule has 0 unspecified atom stereocenters. The van der Waals surface area contributed by atoms with Gasteiger partial charge in [0.05, 0.1) is 0 Å². The van der Waals surface area contributed by atoms with Crippen LogP contribution in [0, 0.1) is 0 Å². The van der Waals surface area contributed by atoms with Crippen molar-refractivity contribution in [2.75, 3.05) is 0 Å². The van der Waals surface area contributed by atoms with E-state index in [-0.39, 0.29) is 24.8 Å². The van der Waals surface area contributed by atoms with Crippen molar-refractivity contribution in [2.45, 2.75) is 6.61 Å². The van der Waals surface area contributed by atoms with Crippen LogP contribution in [0.4, 0.5) is 8.68 Å². The van der Waals surface area contributed by atoms with Crippen molar-refractivity contribution >= 4 is 18.4 Å². The Morgan fingerprint density at radius 3 is 3.06 bits per heavy atom. The Kier molecular flexibility index (Phi) is 3.15. The number of ether oxygens (including phenoxy) is 1. The highest BCUT2D eigenvalue weighted by Crippen LogP contribution is 2.04. The van der Waals surface area contributed by atoms with Crippen LogP contribution >= 0.6 is 12.3 Å². The molecule has 0 aliphatic heterocycles. The average Bonchev–Trinajstić information content (AvgIpc) is 2.96. The Balaban J connectivity index is 1.90. The molecule has 2 heterocycles. The Morgan fingerprint density at radius 2 is 2.44 bits per heavy atom. The van der Waals surface area contributed by atoms with Gasteiger partial charge in [-0.3, -0.25) is 0 Å². The minimum Gasteiger partial charge on any atom is -0.441 e. The summed E-state index contributed by atoms with van der Waals surface area (Å²) >= 11 is -0.0910. The molecule has 0 amide bonds. The zero-order valence-corrected chi connectivity index (χ0v) is 8.67. The molecule has 0 saturated carbocycles. The zero-order valence-electron chi connectivity index (χ0n) is 7.86. The van der Waals surface area contributed by atoms with Gasteiger partial charge >= 0.3 is 6.09 Å². The molecule has 84 valence electrons. The third kappa shape index (κ3) is 2.37. The summed E-state index contributed by atoms with van der Waals surface area (Å²) in [5.74, 6) is 0.221. The van der Waals surface area contributed by atoms with Gasteiger partial charge in [-0.25, -0.2) is 19.3 Å². The summed E-state index contributed by atoms with van der Waals surface area (Å²) in [5.41, 5.74) is 0. The van der Waals surface area contributed by atoms with Gasteiger partial charge in [-0.05, 0) is 0 Å².